The van der Waals surface area contributed by atoms with Crippen molar-refractivity contribution < 1.29 is 9.53 Å². The van der Waals surface area contributed by atoms with Gasteiger partial charge >= 0.3 is 0 Å². The van der Waals surface area contributed by atoms with E-state index in [1.807, 2.05) is 47.9 Å². The number of carbonyl (C=O) groups is 1. The predicted molar refractivity (Wildman–Crippen MR) is 133 cm³/mol. The van der Waals surface area contributed by atoms with Crippen LogP contribution in [-0.4, -0.2) is 44.1 Å². The number of nitrogens with two attached hydrogens (primary N) is 1. The smallest absolute Gasteiger partial charge is 0.234 e. The number of nitrogens with one attached hydrogen (secondary N) is 1. The molecule has 0 spiro atoms. The van der Waals surface area contributed by atoms with Crippen molar-refractivity contribution in [3.8, 4) is 10.7 Å². The van der Waals surface area contributed by atoms with E-state index in [1.165, 1.54) is 23.1 Å². The molecule has 1 aliphatic rings. The molecule has 0 bridgehead atoms. The zero-order chi connectivity index (χ0) is 22.8. The van der Waals surface area contributed by atoms with Crippen LogP contribution in [0.15, 0.2) is 47.8 Å². The van der Waals surface area contributed by atoms with Gasteiger partial charge in [-0.3, -0.25) is 9.36 Å². The van der Waals surface area contributed by atoms with Gasteiger partial charge in [0.15, 0.2) is 11.0 Å². The minimum absolute atomic E-state index is 0.0919. The van der Waals surface area contributed by atoms with E-state index in [0.717, 1.165) is 45.8 Å². The largest absolute Gasteiger partial charge is 0.397 e. The molecule has 1 amide bonds. The zero-order valence-electron chi connectivity index (χ0n) is 18.2. The van der Waals surface area contributed by atoms with Crippen molar-refractivity contribution in [2.75, 3.05) is 23.4 Å². The van der Waals surface area contributed by atoms with Crippen LogP contribution in [0.3, 0.4) is 0 Å². The summed E-state index contributed by atoms with van der Waals surface area (Å²) in [5.41, 5.74) is 9.04. The number of hydrogen-bond acceptors (Lipinski definition) is 8. The van der Waals surface area contributed by atoms with Crippen molar-refractivity contribution in [2.45, 2.75) is 37.6 Å². The van der Waals surface area contributed by atoms with E-state index in [0.29, 0.717) is 23.2 Å². The van der Waals surface area contributed by atoms with E-state index in [1.54, 1.807) is 6.20 Å². The second-order valence-electron chi connectivity index (χ2n) is 7.96. The zero-order valence-corrected chi connectivity index (χ0v) is 19.8. The van der Waals surface area contributed by atoms with Crippen molar-refractivity contribution >= 4 is 50.6 Å². The maximum Gasteiger partial charge on any atom is 0.234 e. The van der Waals surface area contributed by atoms with Gasteiger partial charge in [0.2, 0.25) is 5.91 Å². The van der Waals surface area contributed by atoms with Crippen LogP contribution in [0.1, 0.15) is 18.4 Å². The molecule has 1 aromatic carbocycles. The number of fused-ring (bicyclic) bond motifs is 1. The van der Waals surface area contributed by atoms with Gasteiger partial charge in [-0.1, -0.05) is 29.5 Å². The van der Waals surface area contributed by atoms with E-state index in [-0.39, 0.29) is 17.8 Å². The maximum atomic E-state index is 12.5. The fourth-order valence-electron chi connectivity index (χ4n) is 3.80. The first-order chi connectivity index (χ1) is 16.1. The fraction of sp³-hybridized carbons (Fsp3) is 0.304. The molecule has 0 radical (unpaired) electrons. The summed E-state index contributed by atoms with van der Waals surface area (Å²) >= 11 is 2.86. The van der Waals surface area contributed by atoms with Gasteiger partial charge in [0, 0.05) is 23.9 Å². The summed E-state index contributed by atoms with van der Waals surface area (Å²) < 4.78 is 7.90. The predicted octanol–water partition coefficient (Wildman–Crippen LogP) is 4.36. The van der Waals surface area contributed by atoms with Gasteiger partial charge in [-0.15, -0.1) is 21.5 Å². The van der Waals surface area contributed by atoms with E-state index in [2.05, 4.69) is 20.5 Å². The van der Waals surface area contributed by atoms with Gasteiger partial charge in [0.05, 0.1) is 29.0 Å². The number of anilines is 2. The lowest BCUT2D eigenvalue weighted by Gasteiger charge is -2.14. The molecule has 1 unspecified atom stereocenters. The van der Waals surface area contributed by atoms with E-state index < -0.39 is 0 Å². The molecule has 3 N–H and O–H groups in total. The van der Waals surface area contributed by atoms with Crippen molar-refractivity contribution in [3.05, 3.63) is 48.2 Å². The first kappa shape index (κ1) is 21.9. The van der Waals surface area contributed by atoms with Crippen LogP contribution < -0.4 is 11.1 Å². The standard InChI is InChI=1S/C23H24N6O2S2/c1-14-6-8-15(9-7-14)26-18(30)13-32-23-28-27-21(29(23)12-16-4-3-11-31-16)20-19(24)17-5-2-10-25-22(17)33-20/h2,5-10,16H,3-4,11-13,24H2,1H3,(H,26,30). The molecular weight excluding hydrogens is 456 g/mol. The van der Waals surface area contributed by atoms with Gasteiger partial charge in [0.1, 0.15) is 4.83 Å². The molecule has 8 nitrogen and oxygen atoms in total. The molecule has 170 valence electrons. The summed E-state index contributed by atoms with van der Waals surface area (Å²) in [6, 6.07) is 11.6. The lowest BCUT2D eigenvalue weighted by molar-refractivity contribution is -0.113. The monoisotopic (exact) mass is 480 g/mol. The number of hydrogen-bond donors (Lipinski definition) is 2. The van der Waals surface area contributed by atoms with Crippen molar-refractivity contribution in [1.82, 2.24) is 19.7 Å². The Labute approximate surface area is 199 Å². The van der Waals surface area contributed by atoms with Crippen LogP contribution in [-0.2, 0) is 16.1 Å². The molecule has 4 heterocycles. The summed E-state index contributed by atoms with van der Waals surface area (Å²) in [6.07, 6.45) is 3.87. The first-order valence-corrected chi connectivity index (χ1v) is 12.6. The van der Waals surface area contributed by atoms with Gasteiger partial charge in [-0.05, 0) is 44.0 Å². The maximum absolute atomic E-state index is 12.5. The number of rotatable bonds is 7. The average Bonchev–Trinajstić information content (AvgIpc) is 3.55. The molecule has 10 heteroatoms. The third kappa shape index (κ3) is 4.73. The Bertz CT molecular complexity index is 1280. The van der Waals surface area contributed by atoms with Crippen LogP contribution in [0, 0.1) is 6.92 Å². The number of ether oxygens (including phenoxy) is 1. The minimum Gasteiger partial charge on any atom is -0.397 e. The molecule has 1 fully saturated rings. The highest BCUT2D eigenvalue weighted by molar-refractivity contribution is 7.99. The third-order valence-corrected chi connectivity index (χ3v) is 7.59. The molecular formula is C23H24N6O2S2. The highest BCUT2D eigenvalue weighted by atomic mass is 32.2. The van der Waals surface area contributed by atoms with Crippen LogP contribution in [0.4, 0.5) is 11.4 Å². The number of pyridine rings is 1. The quantitative estimate of drug-likeness (QED) is 0.379. The molecule has 1 aliphatic heterocycles. The lowest BCUT2D eigenvalue weighted by atomic mass is 10.2. The van der Waals surface area contributed by atoms with Gasteiger partial charge in [-0.25, -0.2) is 4.98 Å². The number of amides is 1. The van der Waals surface area contributed by atoms with Crippen LogP contribution in [0.5, 0.6) is 0 Å². The molecule has 5 rings (SSSR count). The molecule has 33 heavy (non-hydrogen) atoms. The minimum atomic E-state index is -0.0948. The van der Waals surface area contributed by atoms with E-state index in [4.69, 9.17) is 10.5 Å². The fourth-order valence-corrected chi connectivity index (χ4v) is 5.61. The molecule has 1 saturated heterocycles. The van der Waals surface area contributed by atoms with Crippen molar-refractivity contribution in [2.24, 2.45) is 0 Å². The Kier molecular flexibility index (Phi) is 6.30. The Morgan fingerprint density at radius 2 is 2.15 bits per heavy atom. The number of thiophene rings is 1. The topological polar surface area (TPSA) is 108 Å². The number of benzene rings is 1. The average molecular weight is 481 g/mol. The SMILES string of the molecule is Cc1ccc(NC(=O)CSc2nnc(-c3sc4ncccc4c3N)n2CC2CCCO2)cc1. The Morgan fingerprint density at radius 1 is 1.30 bits per heavy atom. The van der Waals surface area contributed by atoms with Gasteiger partial charge < -0.3 is 15.8 Å². The summed E-state index contributed by atoms with van der Waals surface area (Å²) in [6.45, 7) is 3.39. The summed E-state index contributed by atoms with van der Waals surface area (Å²) in [7, 11) is 0. The normalized spacial score (nSPS) is 15.8. The number of carbonyl (C=O) groups excluding carboxylic acids is 1. The summed E-state index contributed by atoms with van der Waals surface area (Å²) in [4.78, 5) is 18.7. The summed E-state index contributed by atoms with van der Waals surface area (Å²) in [5.74, 6) is 0.816. The van der Waals surface area contributed by atoms with Gasteiger partial charge in [-0.2, -0.15) is 0 Å². The third-order valence-electron chi connectivity index (χ3n) is 5.50. The summed E-state index contributed by atoms with van der Waals surface area (Å²) in [5, 5.41) is 13.4. The van der Waals surface area contributed by atoms with Crippen molar-refractivity contribution in [1.29, 1.82) is 0 Å². The van der Waals surface area contributed by atoms with Crippen LogP contribution >= 0.6 is 23.1 Å². The van der Waals surface area contributed by atoms with Crippen LogP contribution in [0.2, 0.25) is 0 Å². The molecule has 4 aromatic rings. The number of thioether (sulfide) groups is 1. The second kappa shape index (κ2) is 9.50. The Morgan fingerprint density at radius 3 is 2.91 bits per heavy atom. The van der Waals surface area contributed by atoms with Crippen LogP contribution in [0.25, 0.3) is 20.9 Å². The first-order valence-electron chi connectivity index (χ1n) is 10.8. The molecule has 3 aromatic heterocycles. The number of aromatic nitrogens is 4. The van der Waals surface area contributed by atoms with E-state index >= 15 is 0 Å². The lowest BCUT2D eigenvalue weighted by Crippen LogP contribution is -2.18. The number of nitrogen functional groups attached to an aromatic ring is 1. The number of nitrogens with zero attached hydrogens (tertiary/aromatic N) is 4. The number of aryl methyl sites for hydroxylation is 1. The molecule has 0 saturated carbocycles. The second-order valence-corrected chi connectivity index (χ2v) is 9.90. The van der Waals surface area contributed by atoms with Crippen molar-refractivity contribution in [3.63, 3.8) is 0 Å². The van der Waals surface area contributed by atoms with Gasteiger partial charge in [0.25, 0.3) is 0 Å². The Hall–Kier alpha value is -2.95. The highest BCUT2D eigenvalue weighted by Gasteiger charge is 2.25. The highest BCUT2D eigenvalue weighted by Crippen LogP contribution is 2.40. The molecule has 0 aliphatic carbocycles. The molecule has 1 atom stereocenters. The Balaban J connectivity index is 1.39. The van der Waals surface area contributed by atoms with E-state index in [9.17, 15) is 4.79 Å².